The number of methoxy groups -OCH3 is 2. The SMILES string of the molecule is CN=C(NCCc1ccc(F)cc1)N1CCc2cc(OC)c(OC)cc2C1. The molecule has 6 heteroatoms. The van der Waals surface area contributed by atoms with Gasteiger partial charge in [0.2, 0.25) is 0 Å². The molecule has 0 bridgehead atoms. The van der Waals surface area contributed by atoms with Crippen molar-refractivity contribution in [3.8, 4) is 11.5 Å². The smallest absolute Gasteiger partial charge is 0.193 e. The number of rotatable bonds is 5. The first kappa shape index (κ1) is 19.0. The van der Waals surface area contributed by atoms with Gasteiger partial charge in [-0.3, -0.25) is 4.99 Å². The average Bonchev–Trinajstić information content (AvgIpc) is 2.71. The Morgan fingerprint density at radius 3 is 2.41 bits per heavy atom. The topological polar surface area (TPSA) is 46.1 Å². The molecule has 0 atom stereocenters. The summed E-state index contributed by atoms with van der Waals surface area (Å²) in [5.74, 6) is 2.18. The van der Waals surface area contributed by atoms with Crippen LogP contribution in [0.25, 0.3) is 0 Å². The largest absolute Gasteiger partial charge is 0.493 e. The summed E-state index contributed by atoms with van der Waals surface area (Å²) in [7, 11) is 5.11. The van der Waals surface area contributed by atoms with Crippen LogP contribution in [-0.2, 0) is 19.4 Å². The Bertz CT molecular complexity index is 806. The van der Waals surface area contributed by atoms with Gasteiger partial charge in [-0.1, -0.05) is 12.1 Å². The number of halogens is 1. The molecule has 1 N–H and O–H groups in total. The molecule has 27 heavy (non-hydrogen) atoms. The van der Waals surface area contributed by atoms with Crippen LogP contribution < -0.4 is 14.8 Å². The van der Waals surface area contributed by atoms with E-state index in [1.807, 2.05) is 18.2 Å². The van der Waals surface area contributed by atoms with Crippen molar-refractivity contribution in [2.75, 3.05) is 34.4 Å². The van der Waals surface area contributed by atoms with E-state index >= 15 is 0 Å². The fraction of sp³-hybridized carbons (Fsp3) is 0.381. The van der Waals surface area contributed by atoms with E-state index in [0.717, 1.165) is 55.5 Å². The van der Waals surface area contributed by atoms with Gasteiger partial charge in [-0.15, -0.1) is 0 Å². The molecule has 1 aliphatic heterocycles. The summed E-state index contributed by atoms with van der Waals surface area (Å²) in [5, 5.41) is 3.41. The molecular formula is C21H26FN3O2. The third-order valence-electron chi connectivity index (χ3n) is 4.84. The minimum Gasteiger partial charge on any atom is -0.493 e. The lowest BCUT2D eigenvalue weighted by atomic mass is 9.99. The van der Waals surface area contributed by atoms with Crippen LogP contribution >= 0.6 is 0 Å². The number of nitrogens with one attached hydrogen (secondary N) is 1. The van der Waals surface area contributed by atoms with Crippen LogP contribution in [0.1, 0.15) is 16.7 Å². The van der Waals surface area contributed by atoms with Crippen molar-refractivity contribution in [1.82, 2.24) is 10.2 Å². The Kier molecular flexibility index (Phi) is 6.16. The van der Waals surface area contributed by atoms with E-state index in [0.29, 0.717) is 0 Å². The van der Waals surface area contributed by atoms with Crippen molar-refractivity contribution in [3.05, 3.63) is 58.9 Å². The van der Waals surface area contributed by atoms with Gasteiger partial charge in [0, 0.05) is 26.7 Å². The molecule has 0 amide bonds. The van der Waals surface area contributed by atoms with Gasteiger partial charge in [0.15, 0.2) is 17.5 Å². The molecular weight excluding hydrogens is 345 g/mol. The van der Waals surface area contributed by atoms with Crippen molar-refractivity contribution < 1.29 is 13.9 Å². The molecule has 2 aromatic rings. The summed E-state index contributed by atoms with van der Waals surface area (Å²) in [6.07, 6.45) is 1.74. The van der Waals surface area contributed by atoms with Crippen molar-refractivity contribution >= 4 is 5.96 Å². The van der Waals surface area contributed by atoms with Gasteiger partial charge in [-0.25, -0.2) is 4.39 Å². The first-order valence-electron chi connectivity index (χ1n) is 9.08. The zero-order chi connectivity index (χ0) is 19.2. The molecule has 2 aromatic carbocycles. The van der Waals surface area contributed by atoms with Crippen LogP contribution in [-0.4, -0.2) is 45.2 Å². The summed E-state index contributed by atoms with van der Waals surface area (Å²) in [4.78, 5) is 6.66. The Balaban J connectivity index is 1.63. The van der Waals surface area contributed by atoms with E-state index in [1.165, 1.54) is 23.3 Å². The summed E-state index contributed by atoms with van der Waals surface area (Å²) < 4.78 is 23.8. The fourth-order valence-electron chi connectivity index (χ4n) is 3.37. The first-order valence-corrected chi connectivity index (χ1v) is 9.08. The van der Waals surface area contributed by atoms with E-state index in [9.17, 15) is 4.39 Å². The Hall–Kier alpha value is -2.76. The van der Waals surface area contributed by atoms with Crippen LogP contribution in [0, 0.1) is 5.82 Å². The lowest BCUT2D eigenvalue weighted by molar-refractivity contribution is 0.346. The second-order valence-corrected chi connectivity index (χ2v) is 6.50. The number of benzene rings is 2. The lowest BCUT2D eigenvalue weighted by Crippen LogP contribution is -2.44. The number of aliphatic imine (C=N–C) groups is 1. The van der Waals surface area contributed by atoms with Crippen molar-refractivity contribution in [1.29, 1.82) is 0 Å². The molecule has 0 radical (unpaired) electrons. The predicted molar refractivity (Wildman–Crippen MR) is 105 cm³/mol. The highest BCUT2D eigenvalue weighted by Gasteiger charge is 2.21. The third kappa shape index (κ3) is 4.51. The standard InChI is InChI=1S/C21H26FN3O2/c1-23-21(24-10-8-15-4-6-18(22)7-5-15)25-11-9-16-12-19(26-2)20(27-3)13-17(16)14-25/h4-7,12-13H,8-11,14H2,1-3H3,(H,23,24). The second-order valence-electron chi connectivity index (χ2n) is 6.50. The van der Waals surface area contributed by atoms with Gasteiger partial charge in [0.1, 0.15) is 5.82 Å². The maximum absolute atomic E-state index is 13.0. The van der Waals surface area contributed by atoms with E-state index in [2.05, 4.69) is 21.3 Å². The quantitative estimate of drug-likeness (QED) is 0.648. The van der Waals surface area contributed by atoms with Crippen molar-refractivity contribution in [3.63, 3.8) is 0 Å². The number of guanidine groups is 1. The number of fused-ring (bicyclic) bond motifs is 1. The van der Waals surface area contributed by atoms with Gasteiger partial charge in [-0.2, -0.15) is 0 Å². The Morgan fingerprint density at radius 1 is 1.11 bits per heavy atom. The Morgan fingerprint density at radius 2 is 1.78 bits per heavy atom. The molecule has 0 fully saturated rings. The highest BCUT2D eigenvalue weighted by atomic mass is 19.1. The molecule has 0 unspecified atom stereocenters. The van der Waals surface area contributed by atoms with Crippen LogP contribution in [0.15, 0.2) is 41.4 Å². The number of ether oxygens (including phenoxy) is 2. The van der Waals surface area contributed by atoms with Gasteiger partial charge in [0.25, 0.3) is 0 Å². The second kappa shape index (κ2) is 8.75. The van der Waals surface area contributed by atoms with E-state index in [1.54, 1.807) is 21.3 Å². The molecule has 3 rings (SSSR count). The highest BCUT2D eigenvalue weighted by Crippen LogP contribution is 2.33. The maximum atomic E-state index is 13.0. The zero-order valence-electron chi connectivity index (χ0n) is 16.1. The fourth-order valence-corrected chi connectivity index (χ4v) is 3.37. The van der Waals surface area contributed by atoms with Crippen molar-refractivity contribution in [2.45, 2.75) is 19.4 Å². The monoisotopic (exact) mass is 371 g/mol. The molecule has 144 valence electrons. The average molecular weight is 371 g/mol. The molecule has 0 saturated heterocycles. The van der Waals surface area contributed by atoms with Crippen LogP contribution in [0.4, 0.5) is 4.39 Å². The normalized spacial score (nSPS) is 13.9. The number of hydrogen-bond acceptors (Lipinski definition) is 3. The maximum Gasteiger partial charge on any atom is 0.193 e. The summed E-state index contributed by atoms with van der Waals surface area (Å²) in [6.45, 7) is 2.40. The number of nitrogens with zero attached hydrogens (tertiary/aromatic N) is 2. The predicted octanol–water partition coefficient (Wildman–Crippen LogP) is 3.02. The first-order chi connectivity index (χ1) is 13.1. The van der Waals surface area contributed by atoms with Crippen molar-refractivity contribution in [2.24, 2.45) is 4.99 Å². The molecule has 5 nitrogen and oxygen atoms in total. The lowest BCUT2D eigenvalue weighted by Gasteiger charge is -2.32. The highest BCUT2D eigenvalue weighted by molar-refractivity contribution is 5.80. The molecule has 0 aliphatic carbocycles. The zero-order valence-corrected chi connectivity index (χ0v) is 16.1. The van der Waals surface area contributed by atoms with Crippen LogP contribution in [0.5, 0.6) is 11.5 Å². The van der Waals surface area contributed by atoms with Gasteiger partial charge < -0.3 is 19.7 Å². The number of hydrogen-bond donors (Lipinski definition) is 1. The molecule has 0 spiro atoms. The molecule has 1 aliphatic rings. The minimum absolute atomic E-state index is 0.207. The third-order valence-corrected chi connectivity index (χ3v) is 4.84. The summed E-state index contributed by atoms with van der Waals surface area (Å²) >= 11 is 0. The van der Waals surface area contributed by atoms with Gasteiger partial charge >= 0.3 is 0 Å². The summed E-state index contributed by atoms with van der Waals surface area (Å²) in [5.41, 5.74) is 3.60. The Labute approximate surface area is 159 Å². The van der Waals surface area contributed by atoms with E-state index in [4.69, 9.17) is 9.47 Å². The van der Waals surface area contributed by atoms with Gasteiger partial charge in [0.05, 0.1) is 14.2 Å². The minimum atomic E-state index is -0.207. The molecule has 1 heterocycles. The summed E-state index contributed by atoms with van der Waals surface area (Å²) in [6, 6.07) is 10.7. The van der Waals surface area contributed by atoms with Crippen LogP contribution in [0.2, 0.25) is 0 Å². The molecule has 0 aromatic heterocycles. The van der Waals surface area contributed by atoms with E-state index < -0.39 is 0 Å². The van der Waals surface area contributed by atoms with E-state index in [-0.39, 0.29) is 5.82 Å². The van der Waals surface area contributed by atoms with Crippen LogP contribution in [0.3, 0.4) is 0 Å². The van der Waals surface area contributed by atoms with Gasteiger partial charge in [-0.05, 0) is 53.8 Å². The molecule has 0 saturated carbocycles.